The summed E-state index contributed by atoms with van der Waals surface area (Å²) in [7, 11) is -3.80. The predicted molar refractivity (Wildman–Crippen MR) is 88.9 cm³/mol. The Morgan fingerprint density at radius 1 is 1.22 bits per heavy atom. The molecular weight excluding hydrogens is 336 g/mol. The molecule has 1 amide bonds. The summed E-state index contributed by atoms with van der Waals surface area (Å²) in [6.45, 7) is 7.05. The smallest absolute Gasteiger partial charge is 0.270 e. The molecule has 124 valence electrons. The Hall–Kier alpha value is -1.84. The lowest BCUT2D eigenvalue weighted by molar-refractivity contribution is -0.114. The van der Waals surface area contributed by atoms with E-state index in [-0.39, 0.29) is 15.4 Å². The Labute approximate surface area is 139 Å². The molecule has 1 unspecified atom stereocenters. The van der Waals surface area contributed by atoms with Crippen LogP contribution in [0.25, 0.3) is 0 Å². The van der Waals surface area contributed by atoms with Gasteiger partial charge in [0.25, 0.3) is 10.0 Å². The normalized spacial score (nSPS) is 12.9. The van der Waals surface area contributed by atoms with Crippen LogP contribution in [0.2, 0.25) is 0 Å². The minimum atomic E-state index is -3.80. The van der Waals surface area contributed by atoms with Crippen molar-refractivity contribution in [3.05, 3.63) is 34.9 Å². The van der Waals surface area contributed by atoms with E-state index in [1.54, 1.807) is 6.92 Å². The van der Waals surface area contributed by atoms with E-state index in [1.807, 2.05) is 32.0 Å². The fraction of sp³-hybridized carbons (Fsp3) is 0.357. The summed E-state index contributed by atoms with van der Waals surface area (Å²) in [6.07, 6.45) is 0. The number of amides is 1. The first-order valence-corrected chi connectivity index (χ1v) is 9.19. The first kappa shape index (κ1) is 17.5. The second-order valence-electron chi connectivity index (χ2n) is 5.24. The minimum Gasteiger partial charge on any atom is -0.301 e. The van der Waals surface area contributed by atoms with Gasteiger partial charge in [0.05, 0.1) is 0 Å². The van der Waals surface area contributed by atoms with Crippen LogP contribution in [0.1, 0.15) is 36.6 Å². The van der Waals surface area contributed by atoms with Gasteiger partial charge in [0.2, 0.25) is 15.4 Å². The van der Waals surface area contributed by atoms with Crippen LogP contribution >= 0.6 is 11.3 Å². The zero-order chi connectivity index (χ0) is 17.2. The van der Waals surface area contributed by atoms with E-state index in [0.717, 1.165) is 28.0 Å². The summed E-state index contributed by atoms with van der Waals surface area (Å²) in [5.41, 5.74) is 3.11. The van der Waals surface area contributed by atoms with Crippen LogP contribution in [0, 0.1) is 13.8 Å². The van der Waals surface area contributed by atoms with Gasteiger partial charge in [0, 0.05) is 13.0 Å². The predicted octanol–water partition coefficient (Wildman–Crippen LogP) is 2.15. The van der Waals surface area contributed by atoms with Gasteiger partial charge in [-0.15, -0.1) is 10.2 Å². The number of nitrogens with zero attached hydrogens (tertiary/aromatic N) is 2. The molecule has 23 heavy (non-hydrogen) atoms. The Kier molecular flexibility index (Phi) is 5.12. The summed E-state index contributed by atoms with van der Waals surface area (Å²) in [4.78, 5) is 11.0. The molecular formula is C14H18N4O3S2. The van der Waals surface area contributed by atoms with Crippen molar-refractivity contribution in [1.29, 1.82) is 0 Å². The standard InChI is InChI=1S/C14H18N4O3S2/c1-8-5-6-12(7-9(8)2)10(3)18-23(20,21)14-17-16-13(22-14)15-11(4)19/h5-7,10,18H,1-4H3,(H,15,16,19). The lowest BCUT2D eigenvalue weighted by atomic mass is 10.0. The van der Waals surface area contributed by atoms with Gasteiger partial charge in [-0.3, -0.25) is 4.79 Å². The number of sulfonamides is 1. The van der Waals surface area contributed by atoms with Crippen molar-refractivity contribution in [2.45, 2.75) is 38.1 Å². The molecule has 0 fully saturated rings. The highest BCUT2D eigenvalue weighted by atomic mass is 32.2. The molecule has 0 aliphatic rings. The van der Waals surface area contributed by atoms with Gasteiger partial charge in [-0.1, -0.05) is 29.5 Å². The van der Waals surface area contributed by atoms with Crippen molar-refractivity contribution in [3.63, 3.8) is 0 Å². The van der Waals surface area contributed by atoms with Crippen molar-refractivity contribution in [2.75, 3.05) is 5.32 Å². The number of hydrogen-bond donors (Lipinski definition) is 2. The molecule has 0 saturated heterocycles. The Bertz CT molecular complexity index is 830. The monoisotopic (exact) mass is 354 g/mol. The first-order chi connectivity index (χ1) is 10.7. The topological polar surface area (TPSA) is 101 Å². The Balaban J connectivity index is 2.18. The number of rotatable bonds is 5. The van der Waals surface area contributed by atoms with E-state index in [9.17, 15) is 13.2 Å². The van der Waals surface area contributed by atoms with Gasteiger partial charge in [-0.25, -0.2) is 13.1 Å². The van der Waals surface area contributed by atoms with Crippen molar-refractivity contribution in [2.24, 2.45) is 0 Å². The van der Waals surface area contributed by atoms with Crippen molar-refractivity contribution in [3.8, 4) is 0 Å². The lowest BCUT2D eigenvalue weighted by Gasteiger charge is -2.14. The summed E-state index contributed by atoms with van der Waals surface area (Å²) in [5.74, 6) is -0.332. The molecule has 0 aliphatic heterocycles. The number of carbonyl (C=O) groups is 1. The largest absolute Gasteiger partial charge is 0.301 e. The van der Waals surface area contributed by atoms with Gasteiger partial charge >= 0.3 is 0 Å². The maximum absolute atomic E-state index is 12.4. The average Bonchev–Trinajstić information content (AvgIpc) is 2.89. The van der Waals surface area contributed by atoms with Gasteiger partial charge < -0.3 is 5.32 Å². The highest BCUT2D eigenvalue weighted by Crippen LogP contribution is 2.23. The lowest BCUT2D eigenvalue weighted by Crippen LogP contribution is -2.26. The molecule has 0 saturated carbocycles. The third-order valence-electron chi connectivity index (χ3n) is 3.28. The molecule has 1 atom stereocenters. The van der Waals surface area contributed by atoms with Crippen LogP contribution < -0.4 is 10.0 Å². The van der Waals surface area contributed by atoms with E-state index < -0.39 is 16.1 Å². The summed E-state index contributed by atoms with van der Waals surface area (Å²) in [6, 6.07) is 5.38. The van der Waals surface area contributed by atoms with Crippen molar-refractivity contribution in [1.82, 2.24) is 14.9 Å². The van der Waals surface area contributed by atoms with Crippen molar-refractivity contribution < 1.29 is 13.2 Å². The van der Waals surface area contributed by atoms with Gasteiger partial charge in [0.15, 0.2) is 0 Å². The number of benzene rings is 1. The molecule has 0 radical (unpaired) electrons. The second kappa shape index (κ2) is 6.73. The summed E-state index contributed by atoms with van der Waals surface area (Å²) < 4.78 is 27.1. The zero-order valence-electron chi connectivity index (χ0n) is 13.2. The number of hydrogen-bond acceptors (Lipinski definition) is 6. The van der Waals surface area contributed by atoms with Crippen LogP contribution in [0.5, 0.6) is 0 Å². The van der Waals surface area contributed by atoms with Crippen LogP contribution in [0.15, 0.2) is 22.5 Å². The molecule has 2 rings (SSSR count). The van der Waals surface area contributed by atoms with E-state index >= 15 is 0 Å². The second-order valence-corrected chi connectivity index (χ2v) is 8.11. The van der Waals surface area contributed by atoms with Gasteiger partial charge in [0.1, 0.15) is 0 Å². The summed E-state index contributed by atoms with van der Waals surface area (Å²) in [5, 5.41) is 9.83. The number of carbonyl (C=O) groups excluding carboxylic acids is 1. The molecule has 1 aromatic heterocycles. The molecule has 2 N–H and O–H groups in total. The van der Waals surface area contributed by atoms with Crippen molar-refractivity contribution >= 4 is 32.4 Å². The summed E-state index contributed by atoms with van der Waals surface area (Å²) >= 11 is 0.806. The average molecular weight is 354 g/mol. The third-order valence-corrected chi connectivity index (χ3v) is 6.03. The highest BCUT2D eigenvalue weighted by molar-refractivity contribution is 7.91. The fourth-order valence-corrected chi connectivity index (χ4v) is 4.10. The van der Waals surface area contributed by atoms with E-state index in [1.165, 1.54) is 6.92 Å². The Morgan fingerprint density at radius 3 is 2.52 bits per heavy atom. The molecule has 7 nitrogen and oxygen atoms in total. The maximum Gasteiger partial charge on any atom is 0.270 e. The quantitative estimate of drug-likeness (QED) is 0.801. The molecule has 0 spiro atoms. The maximum atomic E-state index is 12.4. The van der Waals surface area contributed by atoms with E-state index in [0.29, 0.717) is 0 Å². The van der Waals surface area contributed by atoms with Crippen LogP contribution in [0.3, 0.4) is 0 Å². The molecule has 0 bridgehead atoms. The van der Waals surface area contributed by atoms with Gasteiger partial charge in [-0.2, -0.15) is 0 Å². The molecule has 2 aromatic rings. The van der Waals surface area contributed by atoms with E-state index in [2.05, 4.69) is 20.2 Å². The van der Waals surface area contributed by atoms with Crippen LogP contribution in [-0.4, -0.2) is 24.5 Å². The first-order valence-electron chi connectivity index (χ1n) is 6.89. The number of nitrogens with one attached hydrogen (secondary N) is 2. The van der Waals surface area contributed by atoms with E-state index in [4.69, 9.17) is 0 Å². The Morgan fingerprint density at radius 2 is 1.91 bits per heavy atom. The number of aryl methyl sites for hydroxylation is 2. The highest BCUT2D eigenvalue weighted by Gasteiger charge is 2.23. The molecule has 9 heteroatoms. The minimum absolute atomic E-state index is 0.150. The number of anilines is 1. The third kappa shape index (κ3) is 4.34. The molecule has 1 aromatic carbocycles. The van der Waals surface area contributed by atoms with Crippen LogP contribution in [0.4, 0.5) is 5.13 Å². The zero-order valence-corrected chi connectivity index (χ0v) is 14.9. The van der Waals surface area contributed by atoms with Crippen LogP contribution in [-0.2, 0) is 14.8 Å². The van der Waals surface area contributed by atoms with Gasteiger partial charge in [-0.05, 0) is 37.5 Å². The molecule has 1 heterocycles. The SMILES string of the molecule is CC(=O)Nc1nnc(S(=O)(=O)NC(C)c2ccc(C)c(C)c2)s1. The number of aromatic nitrogens is 2. The fourth-order valence-electron chi connectivity index (χ4n) is 1.90. The molecule has 0 aliphatic carbocycles.